The topological polar surface area (TPSA) is 38.1 Å². The summed E-state index contributed by atoms with van der Waals surface area (Å²) >= 11 is 12.1. The van der Waals surface area contributed by atoms with Crippen LogP contribution in [-0.2, 0) is 6.42 Å². The van der Waals surface area contributed by atoms with Gasteiger partial charge in [-0.1, -0.05) is 37.0 Å². The molecular weight excluding hydrogens is 307 g/mol. The van der Waals surface area contributed by atoms with Crippen molar-refractivity contribution in [1.29, 1.82) is 0 Å². The van der Waals surface area contributed by atoms with Gasteiger partial charge in [-0.2, -0.15) is 0 Å². The zero-order chi connectivity index (χ0) is 15.2. The molecule has 0 amide bonds. The smallest absolute Gasteiger partial charge is 0.194 e. The van der Waals surface area contributed by atoms with Gasteiger partial charge in [-0.3, -0.25) is 0 Å². The maximum Gasteiger partial charge on any atom is 0.194 e. The molecule has 114 valence electrons. The number of nitrogens with one attached hydrogen (secondary N) is 1. The Morgan fingerprint density at radius 2 is 2.10 bits per heavy atom. The van der Waals surface area contributed by atoms with E-state index in [1.165, 1.54) is 0 Å². The zero-order valence-electron chi connectivity index (χ0n) is 12.3. The van der Waals surface area contributed by atoms with Gasteiger partial charge < -0.3 is 9.73 Å². The highest BCUT2D eigenvalue weighted by atomic mass is 35.5. The van der Waals surface area contributed by atoms with Crippen LogP contribution >= 0.6 is 23.2 Å². The van der Waals surface area contributed by atoms with Crippen LogP contribution < -0.4 is 5.32 Å². The summed E-state index contributed by atoms with van der Waals surface area (Å²) < 4.78 is 5.75. The number of hydrogen-bond donors (Lipinski definition) is 1. The highest BCUT2D eigenvalue weighted by molar-refractivity contribution is 6.35. The van der Waals surface area contributed by atoms with E-state index in [1.807, 2.05) is 0 Å². The number of hydrogen-bond acceptors (Lipinski definition) is 3. The number of nitrogens with zero attached hydrogens (tertiary/aromatic N) is 1. The van der Waals surface area contributed by atoms with Crippen LogP contribution in [0.4, 0.5) is 0 Å². The molecule has 0 bridgehead atoms. The largest absolute Gasteiger partial charge is 0.441 e. The average molecular weight is 327 g/mol. The molecule has 5 heteroatoms. The molecule has 2 rings (SSSR count). The van der Waals surface area contributed by atoms with Crippen molar-refractivity contribution in [3.05, 3.63) is 40.3 Å². The van der Waals surface area contributed by atoms with Crippen molar-refractivity contribution in [3.63, 3.8) is 0 Å². The minimum atomic E-state index is 0.612. The molecule has 2 aromatic rings. The fraction of sp³-hybridized carbons (Fsp3) is 0.438. The predicted octanol–water partition coefficient (Wildman–Crippen LogP) is 4.83. The van der Waals surface area contributed by atoms with E-state index in [4.69, 9.17) is 27.6 Å². The Kier molecular flexibility index (Phi) is 6.09. The molecule has 0 spiro atoms. The average Bonchev–Trinajstić information content (AvgIpc) is 2.89. The van der Waals surface area contributed by atoms with Crippen molar-refractivity contribution in [1.82, 2.24) is 10.3 Å². The van der Waals surface area contributed by atoms with Crippen LogP contribution in [0.3, 0.4) is 0 Å². The van der Waals surface area contributed by atoms with E-state index in [1.54, 1.807) is 24.4 Å². The fourth-order valence-electron chi connectivity index (χ4n) is 1.99. The molecule has 3 nitrogen and oxygen atoms in total. The van der Waals surface area contributed by atoms with Gasteiger partial charge in [0.2, 0.25) is 0 Å². The first-order valence-corrected chi connectivity index (χ1v) is 7.92. The molecule has 0 radical (unpaired) electrons. The summed E-state index contributed by atoms with van der Waals surface area (Å²) in [5, 5.41) is 4.64. The molecule has 0 aliphatic heterocycles. The summed E-state index contributed by atoms with van der Waals surface area (Å²) in [4.78, 5) is 4.30. The Bertz CT molecular complexity index is 581. The zero-order valence-corrected chi connectivity index (χ0v) is 13.8. The first kappa shape index (κ1) is 16.3. The molecule has 1 heterocycles. The monoisotopic (exact) mass is 326 g/mol. The second-order valence-corrected chi connectivity index (χ2v) is 6.29. The lowest BCUT2D eigenvalue weighted by atomic mass is 10.2. The lowest BCUT2D eigenvalue weighted by Gasteiger charge is -2.05. The van der Waals surface area contributed by atoms with E-state index < -0.39 is 0 Å². The lowest BCUT2D eigenvalue weighted by molar-refractivity contribution is 0.483. The summed E-state index contributed by atoms with van der Waals surface area (Å²) in [6.45, 7) is 6.40. The van der Waals surface area contributed by atoms with Crippen LogP contribution in [0.15, 0.2) is 28.8 Å². The first-order valence-electron chi connectivity index (χ1n) is 7.17. The van der Waals surface area contributed by atoms with Crippen LogP contribution in [0.25, 0.3) is 11.3 Å². The van der Waals surface area contributed by atoms with Gasteiger partial charge in [-0.05, 0) is 43.6 Å². The minimum Gasteiger partial charge on any atom is -0.441 e. The normalized spacial score (nSPS) is 11.3. The van der Waals surface area contributed by atoms with Gasteiger partial charge in [0.15, 0.2) is 11.7 Å². The van der Waals surface area contributed by atoms with Crippen molar-refractivity contribution < 1.29 is 4.42 Å². The van der Waals surface area contributed by atoms with E-state index in [2.05, 4.69) is 24.1 Å². The maximum absolute atomic E-state index is 6.16. The number of rotatable bonds is 7. The number of oxazole rings is 1. The fourth-order valence-corrected chi connectivity index (χ4v) is 2.37. The lowest BCUT2D eigenvalue weighted by Crippen LogP contribution is -2.21. The summed E-state index contributed by atoms with van der Waals surface area (Å²) in [5.41, 5.74) is 0.779. The van der Waals surface area contributed by atoms with Gasteiger partial charge in [-0.25, -0.2) is 4.98 Å². The third kappa shape index (κ3) is 5.03. The molecule has 0 saturated carbocycles. The van der Waals surface area contributed by atoms with Gasteiger partial charge in [-0.15, -0.1) is 0 Å². The first-order chi connectivity index (χ1) is 10.1. The molecule has 1 aromatic carbocycles. The van der Waals surface area contributed by atoms with E-state index in [9.17, 15) is 0 Å². The molecule has 0 atom stereocenters. The minimum absolute atomic E-state index is 0.612. The molecule has 21 heavy (non-hydrogen) atoms. The number of aromatic nitrogens is 1. The molecule has 0 unspecified atom stereocenters. The molecular formula is C16H20Cl2N2O. The van der Waals surface area contributed by atoms with E-state index in [-0.39, 0.29) is 0 Å². The van der Waals surface area contributed by atoms with Crippen molar-refractivity contribution in [2.24, 2.45) is 5.92 Å². The number of aryl methyl sites for hydroxylation is 1. The second-order valence-electron chi connectivity index (χ2n) is 5.44. The van der Waals surface area contributed by atoms with Crippen molar-refractivity contribution in [2.45, 2.75) is 26.7 Å². The molecule has 0 saturated heterocycles. The van der Waals surface area contributed by atoms with Gasteiger partial charge in [0.1, 0.15) is 0 Å². The highest BCUT2D eigenvalue weighted by Crippen LogP contribution is 2.31. The number of benzene rings is 1. The molecule has 0 aliphatic rings. The van der Waals surface area contributed by atoms with E-state index in [0.29, 0.717) is 21.7 Å². The Hall–Kier alpha value is -1.03. The molecule has 0 fully saturated rings. The summed E-state index contributed by atoms with van der Waals surface area (Å²) in [5.74, 6) is 2.06. The Balaban J connectivity index is 1.91. The predicted molar refractivity (Wildman–Crippen MR) is 88.0 cm³/mol. The van der Waals surface area contributed by atoms with Gasteiger partial charge in [0.25, 0.3) is 0 Å². The third-order valence-electron chi connectivity index (χ3n) is 3.04. The maximum atomic E-state index is 6.16. The van der Waals surface area contributed by atoms with Crippen LogP contribution in [0.5, 0.6) is 0 Å². The van der Waals surface area contributed by atoms with E-state index in [0.717, 1.165) is 37.4 Å². The van der Waals surface area contributed by atoms with Crippen molar-refractivity contribution in [2.75, 3.05) is 13.1 Å². The summed E-state index contributed by atoms with van der Waals surface area (Å²) in [6, 6.07) is 5.31. The van der Waals surface area contributed by atoms with Crippen LogP contribution in [0, 0.1) is 5.92 Å². The Morgan fingerprint density at radius 3 is 2.86 bits per heavy atom. The summed E-state index contributed by atoms with van der Waals surface area (Å²) in [7, 11) is 0. The van der Waals surface area contributed by atoms with Crippen LogP contribution in [0.2, 0.25) is 10.0 Å². The van der Waals surface area contributed by atoms with E-state index >= 15 is 0 Å². The van der Waals surface area contributed by atoms with Crippen LogP contribution in [0.1, 0.15) is 26.2 Å². The standard InChI is InChI=1S/C16H20Cl2N2O/c1-11(2)9-19-7-3-4-16-20-10-15(21-16)13-8-12(17)5-6-14(13)18/h5-6,8,10-11,19H,3-4,7,9H2,1-2H3. The van der Waals surface area contributed by atoms with Gasteiger partial charge in [0.05, 0.1) is 11.2 Å². The quantitative estimate of drug-likeness (QED) is 0.741. The van der Waals surface area contributed by atoms with Crippen molar-refractivity contribution >= 4 is 23.2 Å². The highest BCUT2D eigenvalue weighted by Gasteiger charge is 2.10. The Labute approximate surface area is 135 Å². The summed E-state index contributed by atoms with van der Waals surface area (Å²) in [6.07, 6.45) is 3.51. The second kappa shape index (κ2) is 7.83. The van der Waals surface area contributed by atoms with Gasteiger partial charge >= 0.3 is 0 Å². The SMILES string of the molecule is CC(C)CNCCCc1ncc(-c2cc(Cl)ccc2Cl)o1. The Morgan fingerprint density at radius 1 is 1.29 bits per heavy atom. The number of halogens is 2. The van der Waals surface area contributed by atoms with Gasteiger partial charge in [0, 0.05) is 17.0 Å². The van der Waals surface area contributed by atoms with Crippen molar-refractivity contribution in [3.8, 4) is 11.3 Å². The molecule has 1 N–H and O–H groups in total. The molecule has 1 aromatic heterocycles. The molecule has 0 aliphatic carbocycles. The van der Waals surface area contributed by atoms with Crippen LogP contribution in [-0.4, -0.2) is 18.1 Å². The third-order valence-corrected chi connectivity index (χ3v) is 3.61.